The molecule has 1 unspecified atom stereocenters. The molecule has 0 aliphatic carbocycles. The fourth-order valence-corrected chi connectivity index (χ4v) is 3.66. The van der Waals surface area contributed by atoms with E-state index in [0.717, 1.165) is 30.7 Å². The maximum atomic E-state index is 12.2. The first kappa shape index (κ1) is 20.2. The van der Waals surface area contributed by atoms with Crippen LogP contribution in [-0.2, 0) is 4.74 Å². The number of phenols is 1. The molecule has 1 fully saturated rings. The van der Waals surface area contributed by atoms with Crippen LogP contribution in [0.5, 0.6) is 5.75 Å². The highest BCUT2D eigenvalue weighted by atomic mass is 16.5. The topological polar surface area (TPSA) is 101 Å². The molecule has 1 amide bonds. The Morgan fingerprint density at radius 2 is 2.20 bits per heavy atom. The molecule has 4 rings (SSSR count). The molecule has 2 aromatic heterocycles. The molecular weight excluding hydrogens is 382 g/mol. The minimum absolute atomic E-state index is 0.00668. The molecule has 30 heavy (non-hydrogen) atoms. The summed E-state index contributed by atoms with van der Waals surface area (Å²) in [6.45, 7) is 5.26. The number of hydrogen-bond acceptors (Lipinski definition) is 6. The van der Waals surface area contributed by atoms with Gasteiger partial charge in [0.25, 0.3) is 5.91 Å². The predicted molar refractivity (Wildman–Crippen MR) is 115 cm³/mol. The number of carbonyl (C=O) groups is 1. The number of fused-ring (bicyclic) bond motifs is 1. The van der Waals surface area contributed by atoms with E-state index in [4.69, 9.17) is 4.74 Å². The molecule has 1 saturated heterocycles. The van der Waals surface area contributed by atoms with Gasteiger partial charge in [0, 0.05) is 37.2 Å². The van der Waals surface area contributed by atoms with Gasteiger partial charge in [0.05, 0.1) is 23.6 Å². The van der Waals surface area contributed by atoms with Gasteiger partial charge >= 0.3 is 0 Å². The Labute approximate surface area is 175 Å². The lowest BCUT2D eigenvalue weighted by molar-refractivity contribution is 0.0247. The van der Waals surface area contributed by atoms with Gasteiger partial charge < -0.3 is 20.5 Å². The largest absolute Gasteiger partial charge is 0.507 e. The summed E-state index contributed by atoms with van der Waals surface area (Å²) >= 11 is 0. The summed E-state index contributed by atoms with van der Waals surface area (Å²) in [4.78, 5) is 21.2. The highest BCUT2D eigenvalue weighted by Gasteiger charge is 2.17. The van der Waals surface area contributed by atoms with Gasteiger partial charge in [0.1, 0.15) is 5.75 Å². The number of nitrogens with zero attached hydrogens (tertiary/aromatic N) is 3. The average Bonchev–Trinajstić information content (AvgIpc) is 3.17. The molecule has 0 saturated carbocycles. The zero-order valence-electron chi connectivity index (χ0n) is 17.3. The number of nitrogens with one attached hydrogen (secondary N) is 2. The molecule has 0 bridgehead atoms. The number of hydrogen-bond donors (Lipinski definition) is 3. The number of aromatic nitrogens is 3. The minimum Gasteiger partial charge on any atom is -0.507 e. The van der Waals surface area contributed by atoms with E-state index < -0.39 is 0 Å². The Morgan fingerprint density at radius 3 is 2.93 bits per heavy atom. The van der Waals surface area contributed by atoms with Crippen LogP contribution in [0, 0.1) is 0 Å². The molecule has 1 aliphatic rings. The second-order valence-corrected chi connectivity index (χ2v) is 7.84. The summed E-state index contributed by atoms with van der Waals surface area (Å²) in [5.74, 6) is 0.324. The molecule has 3 heterocycles. The molecule has 3 aromatic rings. The highest BCUT2D eigenvalue weighted by Crippen LogP contribution is 2.28. The van der Waals surface area contributed by atoms with Crippen LogP contribution in [0.15, 0.2) is 36.8 Å². The minimum atomic E-state index is -0.298. The van der Waals surface area contributed by atoms with E-state index in [0.29, 0.717) is 18.0 Å². The third-order valence-electron chi connectivity index (χ3n) is 5.16. The lowest BCUT2D eigenvalue weighted by atomic mass is 10.1. The second kappa shape index (κ2) is 8.71. The van der Waals surface area contributed by atoms with E-state index in [2.05, 4.69) is 20.6 Å². The summed E-state index contributed by atoms with van der Waals surface area (Å²) in [6, 6.07) is 5.01. The lowest BCUT2D eigenvalue weighted by Crippen LogP contribution is -2.30. The summed E-state index contributed by atoms with van der Waals surface area (Å²) in [7, 11) is 0. The van der Waals surface area contributed by atoms with Crippen molar-refractivity contribution in [2.75, 3.05) is 18.5 Å². The van der Waals surface area contributed by atoms with Crippen molar-refractivity contribution in [1.82, 2.24) is 19.7 Å². The van der Waals surface area contributed by atoms with Gasteiger partial charge in [-0.3, -0.25) is 9.20 Å². The number of anilines is 1. The predicted octanol–water partition coefficient (Wildman–Crippen LogP) is 3.22. The number of ether oxygens (including phenoxy) is 1. The molecule has 1 atom stereocenters. The van der Waals surface area contributed by atoms with Crippen molar-refractivity contribution < 1.29 is 14.6 Å². The van der Waals surface area contributed by atoms with E-state index >= 15 is 0 Å². The first-order valence-electron chi connectivity index (χ1n) is 10.3. The highest BCUT2D eigenvalue weighted by molar-refractivity contribution is 5.97. The number of imidazole rings is 1. The van der Waals surface area contributed by atoms with Gasteiger partial charge in [-0.25, -0.2) is 9.97 Å². The number of amides is 1. The van der Waals surface area contributed by atoms with Crippen molar-refractivity contribution in [2.45, 2.75) is 45.3 Å². The van der Waals surface area contributed by atoms with Crippen molar-refractivity contribution in [2.24, 2.45) is 0 Å². The summed E-state index contributed by atoms with van der Waals surface area (Å²) in [6.07, 6.45) is 8.83. The molecule has 1 aromatic carbocycles. The van der Waals surface area contributed by atoms with Gasteiger partial charge in [0.15, 0.2) is 11.5 Å². The van der Waals surface area contributed by atoms with Gasteiger partial charge in [-0.15, -0.1) is 0 Å². The van der Waals surface area contributed by atoms with E-state index in [1.165, 1.54) is 6.42 Å². The van der Waals surface area contributed by atoms with Gasteiger partial charge in [-0.1, -0.05) is 6.07 Å². The first-order valence-corrected chi connectivity index (χ1v) is 10.3. The zero-order valence-corrected chi connectivity index (χ0v) is 17.3. The van der Waals surface area contributed by atoms with Crippen LogP contribution in [0.4, 0.5) is 5.82 Å². The molecule has 1 aliphatic heterocycles. The number of carbonyl (C=O) groups excluding carboxylic acids is 1. The maximum Gasteiger partial charge on any atom is 0.255 e. The van der Waals surface area contributed by atoms with Crippen LogP contribution < -0.4 is 10.6 Å². The van der Waals surface area contributed by atoms with Crippen LogP contribution in [0.2, 0.25) is 0 Å². The maximum absolute atomic E-state index is 12.2. The Hall–Kier alpha value is -3.13. The van der Waals surface area contributed by atoms with Gasteiger partial charge in [0.2, 0.25) is 0 Å². The van der Waals surface area contributed by atoms with Crippen LogP contribution >= 0.6 is 0 Å². The quantitative estimate of drug-likeness (QED) is 0.578. The number of benzene rings is 1. The fraction of sp³-hybridized carbons (Fsp3) is 0.409. The number of rotatable bonds is 6. The third-order valence-corrected chi connectivity index (χ3v) is 5.16. The Bertz CT molecular complexity index is 1040. The van der Waals surface area contributed by atoms with Crippen LogP contribution in [0.25, 0.3) is 16.9 Å². The Morgan fingerprint density at radius 1 is 1.33 bits per heavy atom. The molecule has 8 nitrogen and oxygen atoms in total. The first-order chi connectivity index (χ1) is 14.5. The number of aromatic hydroxyl groups is 1. The zero-order chi connectivity index (χ0) is 21.1. The van der Waals surface area contributed by atoms with Crippen molar-refractivity contribution >= 4 is 17.4 Å². The smallest absolute Gasteiger partial charge is 0.255 e. The molecular formula is C22H27N5O3. The Kier molecular flexibility index (Phi) is 5.85. The third kappa shape index (κ3) is 4.23. The normalized spacial score (nSPS) is 16.7. The van der Waals surface area contributed by atoms with Crippen LogP contribution in [0.3, 0.4) is 0 Å². The second-order valence-electron chi connectivity index (χ2n) is 7.84. The molecule has 158 valence electrons. The van der Waals surface area contributed by atoms with Crippen LogP contribution in [-0.4, -0.2) is 50.7 Å². The lowest BCUT2D eigenvalue weighted by Gasteiger charge is -2.22. The van der Waals surface area contributed by atoms with E-state index in [9.17, 15) is 9.90 Å². The SMILES string of the molecule is CC(C)NC(=O)c1ccc(-c2cnc3c(NCC4CCCCO4)nccn23)cc1O. The summed E-state index contributed by atoms with van der Waals surface area (Å²) < 4.78 is 7.69. The molecule has 8 heteroatoms. The van der Waals surface area contributed by atoms with E-state index in [-0.39, 0.29) is 29.4 Å². The molecule has 0 spiro atoms. The standard InChI is InChI=1S/C22H27N5O3/c1-14(2)26-22(29)17-7-6-15(11-19(17)28)18-13-25-21-20(23-8-9-27(18)21)24-12-16-5-3-4-10-30-16/h6-9,11,13-14,16,28H,3-5,10,12H2,1-2H3,(H,23,24)(H,26,29). The van der Waals surface area contributed by atoms with Crippen molar-refractivity contribution in [3.05, 3.63) is 42.4 Å². The van der Waals surface area contributed by atoms with E-state index in [1.54, 1.807) is 24.5 Å². The molecule has 0 radical (unpaired) electrons. The summed E-state index contributed by atoms with van der Waals surface area (Å²) in [5.41, 5.74) is 2.51. The van der Waals surface area contributed by atoms with Crippen LogP contribution in [0.1, 0.15) is 43.5 Å². The van der Waals surface area contributed by atoms with Crippen molar-refractivity contribution in [1.29, 1.82) is 0 Å². The van der Waals surface area contributed by atoms with Gasteiger partial charge in [-0.2, -0.15) is 0 Å². The average molecular weight is 409 g/mol. The fourth-order valence-electron chi connectivity index (χ4n) is 3.66. The Balaban J connectivity index is 1.57. The van der Waals surface area contributed by atoms with Gasteiger partial charge in [-0.05, 0) is 45.2 Å². The monoisotopic (exact) mass is 409 g/mol. The summed E-state index contributed by atoms with van der Waals surface area (Å²) in [5, 5.41) is 16.5. The van der Waals surface area contributed by atoms with Crippen molar-refractivity contribution in [3.8, 4) is 17.0 Å². The van der Waals surface area contributed by atoms with Crippen molar-refractivity contribution in [3.63, 3.8) is 0 Å². The molecule has 3 N–H and O–H groups in total. The number of phenolic OH excluding ortho intramolecular Hbond substituents is 1. The van der Waals surface area contributed by atoms with E-state index in [1.807, 2.05) is 30.5 Å².